The highest BCUT2D eigenvalue weighted by Gasteiger charge is 2.35. The number of amides is 2. The Hall–Kier alpha value is -2.98. The monoisotopic (exact) mass is 679 g/mol. The summed E-state index contributed by atoms with van der Waals surface area (Å²) < 4.78 is 34.3. The van der Waals surface area contributed by atoms with Crippen LogP contribution in [0.25, 0.3) is 0 Å². The van der Waals surface area contributed by atoms with Crippen LogP contribution in [-0.4, -0.2) is 50.9 Å². The molecule has 3 aromatic rings. The van der Waals surface area contributed by atoms with Gasteiger partial charge < -0.3 is 15.0 Å². The number of sulfonamides is 1. The van der Waals surface area contributed by atoms with Crippen LogP contribution in [0.3, 0.4) is 0 Å². The molecule has 0 unspecified atom stereocenters. The molecule has 2 amide bonds. The molecule has 0 radical (unpaired) electrons. The van der Waals surface area contributed by atoms with Crippen LogP contribution < -0.4 is 14.4 Å². The van der Waals surface area contributed by atoms with Crippen molar-refractivity contribution >= 4 is 62.3 Å². The number of halogens is 3. The smallest absolute Gasteiger partial charge is 0.264 e. The van der Waals surface area contributed by atoms with Crippen LogP contribution in [0.1, 0.15) is 51.0 Å². The number of benzene rings is 3. The van der Waals surface area contributed by atoms with Crippen molar-refractivity contribution in [2.45, 2.75) is 69.0 Å². The Morgan fingerprint density at radius 1 is 0.932 bits per heavy atom. The van der Waals surface area contributed by atoms with Crippen LogP contribution in [0.4, 0.5) is 5.69 Å². The quantitative estimate of drug-likeness (QED) is 0.220. The third-order valence-electron chi connectivity index (χ3n) is 7.77. The maximum atomic E-state index is 14.3. The molecule has 0 aromatic heterocycles. The second-order valence-electron chi connectivity index (χ2n) is 10.7. The van der Waals surface area contributed by atoms with Gasteiger partial charge in [0.05, 0.1) is 17.7 Å². The normalized spacial score (nSPS) is 14.5. The summed E-state index contributed by atoms with van der Waals surface area (Å²) in [6.07, 6.45) is 5.21. The molecule has 236 valence electrons. The Balaban J connectivity index is 1.73. The SMILES string of the molecule is CC[C@H](C(=O)NC1CCCCC1)N(Cc1c(Cl)cccc1Cl)C(=O)CN(c1ccc(Cl)cc1)S(=O)(=O)c1ccc(OC)cc1. The maximum Gasteiger partial charge on any atom is 0.264 e. The lowest BCUT2D eigenvalue weighted by molar-refractivity contribution is -0.140. The van der Waals surface area contributed by atoms with Gasteiger partial charge in [0, 0.05) is 33.2 Å². The molecule has 1 aliphatic carbocycles. The summed E-state index contributed by atoms with van der Waals surface area (Å²) in [7, 11) is -2.77. The van der Waals surface area contributed by atoms with Crippen LogP contribution in [0.5, 0.6) is 5.75 Å². The molecular weight excluding hydrogens is 645 g/mol. The number of hydrogen-bond acceptors (Lipinski definition) is 5. The van der Waals surface area contributed by atoms with Gasteiger partial charge in [-0.3, -0.25) is 13.9 Å². The number of nitrogens with one attached hydrogen (secondary N) is 1. The van der Waals surface area contributed by atoms with Crippen molar-refractivity contribution in [2.75, 3.05) is 18.0 Å². The van der Waals surface area contributed by atoms with Crippen molar-refractivity contribution in [1.82, 2.24) is 10.2 Å². The lowest BCUT2D eigenvalue weighted by Gasteiger charge is -2.34. The standard InChI is InChI=1S/C32H36Cl3N3O5S/c1-3-30(32(40)36-23-8-5-4-6-9-23)37(20-27-28(34)10-7-11-29(27)35)31(39)21-38(24-14-12-22(33)13-15-24)44(41,42)26-18-16-25(43-2)17-19-26/h7,10-19,23,30H,3-6,8-9,20-21H2,1-2H3,(H,36,40)/t30-/m1/s1. The summed E-state index contributed by atoms with van der Waals surface area (Å²) in [6.45, 7) is 1.13. The fraction of sp³-hybridized carbons (Fsp3) is 0.375. The molecule has 4 rings (SSSR count). The number of nitrogens with zero attached hydrogens (tertiary/aromatic N) is 2. The third kappa shape index (κ3) is 8.18. The van der Waals surface area contributed by atoms with Gasteiger partial charge in [0.2, 0.25) is 11.8 Å². The van der Waals surface area contributed by atoms with Gasteiger partial charge in [-0.2, -0.15) is 0 Å². The van der Waals surface area contributed by atoms with Gasteiger partial charge in [0.1, 0.15) is 18.3 Å². The van der Waals surface area contributed by atoms with Gasteiger partial charge in [-0.25, -0.2) is 8.42 Å². The Morgan fingerprint density at radius 2 is 1.55 bits per heavy atom. The van der Waals surface area contributed by atoms with E-state index in [0.717, 1.165) is 36.4 Å². The van der Waals surface area contributed by atoms with Crippen molar-refractivity contribution in [2.24, 2.45) is 0 Å². The first-order chi connectivity index (χ1) is 21.0. The third-order valence-corrected chi connectivity index (χ3v) is 10.5. The summed E-state index contributed by atoms with van der Waals surface area (Å²) in [5.41, 5.74) is 0.693. The molecule has 1 saturated carbocycles. The fourth-order valence-electron chi connectivity index (χ4n) is 5.33. The Kier molecular flexibility index (Phi) is 11.8. The molecular formula is C32H36Cl3N3O5S. The first kappa shape index (κ1) is 33.9. The summed E-state index contributed by atoms with van der Waals surface area (Å²) in [5, 5.41) is 4.19. The molecule has 1 atom stereocenters. The molecule has 12 heteroatoms. The van der Waals surface area contributed by atoms with Crippen molar-refractivity contribution < 1.29 is 22.7 Å². The van der Waals surface area contributed by atoms with E-state index in [1.807, 2.05) is 6.92 Å². The Morgan fingerprint density at radius 3 is 2.11 bits per heavy atom. The average molecular weight is 681 g/mol. The van der Waals surface area contributed by atoms with Crippen LogP contribution >= 0.6 is 34.8 Å². The number of hydrogen-bond donors (Lipinski definition) is 1. The van der Waals surface area contributed by atoms with E-state index in [2.05, 4.69) is 5.32 Å². The predicted octanol–water partition coefficient (Wildman–Crippen LogP) is 7.11. The molecule has 8 nitrogen and oxygen atoms in total. The zero-order valence-corrected chi connectivity index (χ0v) is 27.7. The number of carbonyl (C=O) groups excluding carboxylic acids is 2. The molecule has 1 N–H and O–H groups in total. The highest BCUT2D eigenvalue weighted by molar-refractivity contribution is 7.92. The number of ether oxygens (including phenoxy) is 1. The molecule has 3 aromatic carbocycles. The van der Waals surface area contributed by atoms with E-state index >= 15 is 0 Å². The van der Waals surface area contributed by atoms with Crippen LogP contribution in [-0.2, 0) is 26.2 Å². The predicted molar refractivity (Wildman–Crippen MR) is 175 cm³/mol. The van der Waals surface area contributed by atoms with Crippen LogP contribution in [0.15, 0.2) is 71.6 Å². The van der Waals surface area contributed by atoms with Gasteiger partial charge in [0.15, 0.2) is 0 Å². The number of methoxy groups -OCH3 is 1. The molecule has 0 bridgehead atoms. The lowest BCUT2D eigenvalue weighted by Crippen LogP contribution is -2.54. The number of carbonyl (C=O) groups is 2. The minimum Gasteiger partial charge on any atom is -0.497 e. The van der Waals surface area contributed by atoms with E-state index in [1.54, 1.807) is 30.3 Å². The zero-order valence-electron chi connectivity index (χ0n) is 24.6. The Bertz CT molecular complexity index is 1530. The summed E-state index contributed by atoms with van der Waals surface area (Å²) in [4.78, 5) is 29.3. The van der Waals surface area contributed by atoms with Crippen LogP contribution in [0, 0.1) is 0 Å². The molecule has 0 spiro atoms. The second-order valence-corrected chi connectivity index (χ2v) is 13.8. The number of rotatable bonds is 12. The molecule has 0 aliphatic heterocycles. The second kappa shape index (κ2) is 15.3. The highest BCUT2D eigenvalue weighted by Crippen LogP contribution is 2.30. The van der Waals surface area contributed by atoms with Gasteiger partial charge >= 0.3 is 0 Å². The molecule has 44 heavy (non-hydrogen) atoms. The van der Waals surface area contributed by atoms with Crippen molar-refractivity contribution in [3.63, 3.8) is 0 Å². The van der Waals surface area contributed by atoms with E-state index < -0.39 is 28.5 Å². The lowest BCUT2D eigenvalue weighted by atomic mass is 9.95. The minimum absolute atomic E-state index is 0.0205. The minimum atomic E-state index is -4.25. The topological polar surface area (TPSA) is 96.0 Å². The van der Waals surface area contributed by atoms with E-state index in [0.29, 0.717) is 32.8 Å². The molecule has 1 fully saturated rings. The van der Waals surface area contributed by atoms with Gasteiger partial charge in [0.25, 0.3) is 10.0 Å². The van der Waals surface area contributed by atoms with Crippen molar-refractivity contribution in [1.29, 1.82) is 0 Å². The molecule has 1 aliphatic rings. The van der Waals surface area contributed by atoms with Crippen molar-refractivity contribution in [3.05, 3.63) is 87.4 Å². The summed E-state index contributed by atoms with van der Waals surface area (Å²) in [5.74, 6) is -0.415. The summed E-state index contributed by atoms with van der Waals surface area (Å²) >= 11 is 19.1. The van der Waals surface area contributed by atoms with E-state index in [-0.39, 0.29) is 29.1 Å². The highest BCUT2D eigenvalue weighted by atomic mass is 35.5. The molecule has 0 saturated heterocycles. The first-order valence-electron chi connectivity index (χ1n) is 14.5. The van der Waals surface area contributed by atoms with Gasteiger partial charge in [-0.15, -0.1) is 0 Å². The largest absolute Gasteiger partial charge is 0.497 e. The van der Waals surface area contributed by atoms with E-state index in [4.69, 9.17) is 39.5 Å². The maximum absolute atomic E-state index is 14.3. The van der Waals surface area contributed by atoms with E-state index in [1.165, 1.54) is 48.4 Å². The first-order valence-corrected chi connectivity index (χ1v) is 17.1. The number of anilines is 1. The zero-order chi connectivity index (χ0) is 31.9. The Labute approximate surface area is 274 Å². The van der Waals surface area contributed by atoms with Gasteiger partial charge in [-0.1, -0.05) is 67.1 Å². The average Bonchev–Trinajstić information content (AvgIpc) is 3.02. The molecule has 0 heterocycles. The fourth-order valence-corrected chi connectivity index (χ4v) is 7.39. The summed E-state index contributed by atoms with van der Waals surface area (Å²) in [6, 6.07) is 16.2. The van der Waals surface area contributed by atoms with Crippen molar-refractivity contribution in [3.8, 4) is 5.75 Å². The van der Waals surface area contributed by atoms with E-state index in [9.17, 15) is 18.0 Å². The van der Waals surface area contributed by atoms with Gasteiger partial charge in [-0.05, 0) is 79.9 Å². The van der Waals surface area contributed by atoms with Crippen LogP contribution in [0.2, 0.25) is 15.1 Å².